The number of carboxylic acid groups (broad SMARTS) is 1. The molecule has 0 aliphatic rings. The summed E-state index contributed by atoms with van der Waals surface area (Å²) >= 11 is 0. The third kappa shape index (κ3) is 2.60. The number of aromatic nitrogens is 1. The molecule has 1 aromatic carbocycles. The Morgan fingerprint density at radius 2 is 2.18 bits per heavy atom. The number of hydrogen-bond acceptors (Lipinski definition) is 3. The van der Waals surface area contributed by atoms with Crippen LogP contribution in [0.15, 0.2) is 36.5 Å². The van der Waals surface area contributed by atoms with Crippen molar-refractivity contribution in [1.82, 2.24) is 4.98 Å². The predicted molar refractivity (Wildman–Crippen MR) is 63.6 cm³/mol. The van der Waals surface area contributed by atoms with Gasteiger partial charge in [-0.25, -0.2) is 4.79 Å². The molecule has 0 amide bonds. The zero-order valence-corrected chi connectivity index (χ0v) is 9.46. The average Bonchev–Trinajstić information content (AvgIpc) is 2.35. The number of carboxylic acids is 1. The second-order valence-electron chi connectivity index (χ2n) is 3.78. The number of carbonyl (C=O) groups is 1. The third-order valence-electron chi connectivity index (χ3n) is 2.58. The number of nitrogens with zero attached hydrogens (tertiary/aromatic N) is 1. The number of ether oxygens (including phenoxy) is 1. The van der Waals surface area contributed by atoms with Crippen LogP contribution in [0.25, 0.3) is 10.9 Å². The topological polar surface area (TPSA) is 59.4 Å². The molecule has 0 bridgehead atoms. The summed E-state index contributed by atoms with van der Waals surface area (Å²) in [5.74, 6) is -0.955. The van der Waals surface area contributed by atoms with Crippen molar-refractivity contribution in [3.05, 3.63) is 42.1 Å². The standard InChI is InChI=1S/C13H13NO3/c1-9(13(15)16)17-8-10-6-7-14-12-5-3-2-4-11(10)12/h2-7,9H,8H2,1H3,(H,15,16)/t9-/m1/s1. The lowest BCUT2D eigenvalue weighted by atomic mass is 10.1. The lowest BCUT2D eigenvalue weighted by Gasteiger charge is -2.10. The number of rotatable bonds is 4. The van der Waals surface area contributed by atoms with Crippen molar-refractivity contribution in [3.8, 4) is 0 Å². The first-order valence-electron chi connectivity index (χ1n) is 5.35. The highest BCUT2D eigenvalue weighted by molar-refractivity contribution is 5.81. The van der Waals surface area contributed by atoms with Crippen LogP contribution in [0.5, 0.6) is 0 Å². The number of para-hydroxylation sites is 1. The second kappa shape index (κ2) is 4.93. The van der Waals surface area contributed by atoms with Crippen LogP contribution in [-0.2, 0) is 16.1 Å². The zero-order chi connectivity index (χ0) is 12.3. The zero-order valence-electron chi connectivity index (χ0n) is 9.46. The molecule has 1 aromatic heterocycles. The largest absolute Gasteiger partial charge is 0.479 e. The summed E-state index contributed by atoms with van der Waals surface area (Å²) in [7, 11) is 0. The molecule has 4 heteroatoms. The quantitative estimate of drug-likeness (QED) is 0.876. The Bertz CT molecular complexity index is 534. The molecule has 0 aliphatic carbocycles. The van der Waals surface area contributed by atoms with E-state index in [1.165, 1.54) is 6.92 Å². The Balaban J connectivity index is 2.21. The summed E-state index contributed by atoms with van der Waals surface area (Å²) in [6.07, 6.45) is 0.897. The van der Waals surface area contributed by atoms with Gasteiger partial charge in [0.05, 0.1) is 12.1 Å². The first-order chi connectivity index (χ1) is 8.18. The Kier molecular flexibility index (Phi) is 3.35. The SMILES string of the molecule is C[C@@H](OCc1ccnc2ccccc12)C(=O)O. The summed E-state index contributed by atoms with van der Waals surface area (Å²) in [5, 5.41) is 9.73. The molecule has 2 rings (SSSR count). The molecule has 1 heterocycles. The van der Waals surface area contributed by atoms with Crippen LogP contribution in [0.2, 0.25) is 0 Å². The smallest absolute Gasteiger partial charge is 0.332 e. The van der Waals surface area contributed by atoms with Crippen molar-refractivity contribution in [3.63, 3.8) is 0 Å². The van der Waals surface area contributed by atoms with E-state index in [4.69, 9.17) is 9.84 Å². The summed E-state index contributed by atoms with van der Waals surface area (Å²) in [5.41, 5.74) is 1.83. The fourth-order valence-corrected chi connectivity index (χ4v) is 1.57. The summed E-state index contributed by atoms with van der Waals surface area (Å²) in [6.45, 7) is 1.79. The minimum absolute atomic E-state index is 0.274. The molecular formula is C13H13NO3. The third-order valence-corrected chi connectivity index (χ3v) is 2.58. The lowest BCUT2D eigenvalue weighted by molar-refractivity contribution is -0.149. The van der Waals surface area contributed by atoms with Gasteiger partial charge in [0.25, 0.3) is 0 Å². The van der Waals surface area contributed by atoms with Crippen LogP contribution in [0.1, 0.15) is 12.5 Å². The van der Waals surface area contributed by atoms with E-state index in [9.17, 15) is 4.79 Å². The molecule has 0 saturated heterocycles. The molecule has 1 N–H and O–H groups in total. The molecule has 17 heavy (non-hydrogen) atoms. The van der Waals surface area contributed by atoms with E-state index >= 15 is 0 Å². The second-order valence-corrected chi connectivity index (χ2v) is 3.78. The first-order valence-corrected chi connectivity index (χ1v) is 5.35. The van der Waals surface area contributed by atoms with E-state index in [2.05, 4.69) is 4.98 Å². The van der Waals surface area contributed by atoms with E-state index in [0.29, 0.717) is 0 Å². The van der Waals surface area contributed by atoms with Crippen molar-refractivity contribution in [2.45, 2.75) is 19.6 Å². The molecule has 0 radical (unpaired) electrons. The van der Waals surface area contributed by atoms with Gasteiger partial charge < -0.3 is 9.84 Å². The summed E-state index contributed by atoms with van der Waals surface area (Å²) in [6, 6.07) is 9.55. The van der Waals surface area contributed by atoms with Gasteiger partial charge in [0.2, 0.25) is 0 Å². The lowest BCUT2D eigenvalue weighted by Crippen LogP contribution is -2.19. The molecule has 2 aromatic rings. The maximum absolute atomic E-state index is 10.6. The van der Waals surface area contributed by atoms with Gasteiger partial charge in [-0.3, -0.25) is 4.98 Å². The van der Waals surface area contributed by atoms with E-state index in [-0.39, 0.29) is 6.61 Å². The molecule has 4 nitrogen and oxygen atoms in total. The Labute approximate surface area is 98.9 Å². The highest BCUT2D eigenvalue weighted by Crippen LogP contribution is 2.17. The Hall–Kier alpha value is -1.94. The van der Waals surface area contributed by atoms with Gasteiger partial charge in [0.15, 0.2) is 6.10 Å². The van der Waals surface area contributed by atoms with Crippen LogP contribution in [0.4, 0.5) is 0 Å². The Morgan fingerprint density at radius 1 is 1.41 bits per heavy atom. The van der Waals surface area contributed by atoms with E-state index in [0.717, 1.165) is 16.5 Å². The maximum atomic E-state index is 10.6. The minimum atomic E-state index is -0.955. The van der Waals surface area contributed by atoms with Gasteiger partial charge in [0.1, 0.15) is 0 Å². The molecule has 1 atom stereocenters. The molecule has 88 valence electrons. The summed E-state index contributed by atoms with van der Waals surface area (Å²) in [4.78, 5) is 14.9. The Morgan fingerprint density at radius 3 is 2.94 bits per heavy atom. The van der Waals surface area contributed by atoms with Crippen molar-refractivity contribution in [1.29, 1.82) is 0 Å². The van der Waals surface area contributed by atoms with Crippen molar-refractivity contribution in [2.75, 3.05) is 0 Å². The van der Waals surface area contributed by atoms with Crippen LogP contribution < -0.4 is 0 Å². The number of pyridine rings is 1. The number of benzene rings is 1. The van der Waals surface area contributed by atoms with Crippen molar-refractivity contribution < 1.29 is 14.6 Å². The fourth-order valence-electron chi connectivity index (χ4n) is 1.57. The number of fused-ring (bicyclic) bond motifs is 1. The van der Waals surface area contributed by atoms with Gasteiger partial charge in [-0.1, -0.05) is 18.2 Å². The molecule has 0 unspecified atom stereocenters. The average molecular weight is 231 g/mol. The van der Waals surface area contributed by atoms with Crippen molar-refractivity contribution >= 4 is 16.9 Å². The highest BCUT2D eigenvalue weighted by Gasteiger charge is 2.11. The highest BCUT2D eigenvalue weighted by atomic mass is 16.5. The normalized spacial score (nSPS) is 12.5. The van der Waals surface area contributed by atoms with Crippen LogP contribution in [-0.4, -0.2) is 22.2 Å². The van der Waals surface area contributed by atoms with Crippen LogP contribution in [0, 0.1) is 0 Å². The van der Waals surface area contributed by atoms with Gasteiger partial charge >= 0.3 is 5.97 Å². The van der Waals surface area contributed by atoms with E-state index < -0.39 is 12.1 Å². The molecule has 0 fully saturated rings. The summed E-state index contributed by atoms with van der Waals surface area (Å²) < 4.78 is 5.27. The van der Waals surface area contributed by atoms with Crippen LogP contribution in [0.3, 0.4) is 0 Å². The monoisotopic (exact) mass is 231 g/mol. The fraction of sp³-hybridized carbons (Fsp3) is 0.231. The van der Waals surface area contributed by atoms with Gasteiger partial charge in [0, 0.05) is 11.6 Å². The van der Waals surface area contributed by atoms with Gasteiger partial charge in [-0.15, -0.1) is 0 Å². The maximum Gasteiger partial charge on any atom is 0.332 e. The molecule has 0 spiro atoms. The van der Waals surface area contributed by atoms with Gasteiger partial charge in [-0.2, -0.15) is 0 Å². The van der Waals surface area contributed by atoms with E-state index in [1.807, 2.05) is 30.3 Å². The minimum Gasteiger partial charge on any atom is -0.479 e. The number of aliphatic carboxylic acids is 1. The van der Waals surface area contributed by atoms with Gasteiger partial charge in [-0.05, 0) is 24.6 Å². The van der Waals surface area contributed by atoms with Crippen molar-refractivity contribution in [2.24, 2.45) is 0 Å². The first kappa shape index (κ1) is 11.5. The molecule has 0 saturated carbocycles. The number of hydrogen-bond donors (Lipinski definition) is 1. The van der Waals surface area contributed by atoms with Crippen LogP contribution >= 0.6 is 0 Å². The molecular weight excluding hydrogens is 218 g/mol. The van der Waals surface area contributed by atoms with E-state index in [1.54, 1.807) is 6.20 Å². The molecule has 0 aliphatic heterocycles. The predicted octanol–water partition coefficient (Wildman–Crippen LogP) is 2.22.